The number of carboxylic acid groups (broad SMARTS) is 1. The van der Waals surface area contributed by atoms with Gasteiger partial charge in [0.2, 0.25) is 0 Å². The highest BCUT2D eigenvalue weighted by Crippen LogP contribution is 2.28. The molecule has 0 aliphatic heterocycles. The van der Waals surface area contributed by atoms with Gasteiger partial charge in [-0.1, -0.05) is 81.1 Å². The summed E-state index contributed by atoms with van der Waals surface area (Å²) in [6.07, 6.45) is 10.1. The fraction of sp³-hybridized carbons (Fsp3) is 0.314. The molecule has 0 saturated carbocycles. The summed E-state index contributed by atoms with van der Waals surface area (Å²) in [5.41, 5.74) is 2.45. The number of nitrogens with zero attached hydrogens (tertiary/aromatic N) is 2. The molecule has 0 atom stereocenters. The number of allylic oxidation sites excluding steroid dienone is 5. The van der Waals surface area contributed by atoms with Crippen LogP contribution in [-0.4, -0.2) is 28.2 Å². The van der Waals surface area contributed by atoms with Crippen molar-refractivity contribution >= 4 is 17.4 Å². The number of carbonyl (C=O) groups is 1. The third-order valence-corrected chi connectivity index (χ3v) is 6.41. The van der Waals surface area contributed by atoms with Crippen molar-refractivity contribution in [2.45, 2.75) is 66.0 Å². The second-order valence-corrected chi connectivity index (χ2v) is 10.1. The number of pyridine rings is 1. The Morgan fingerprint density at radius 1 is 1.00 bits per heavy atom. The number of hydrogen-bond donors (Lipinski definition) is 1. The molecule has 42 heavy (non-hydrogen) atoms. The van der Waals surface area contributed by atoms with Crippen molar-refractivity contribution in [2.24, 2.45) is 0 Å². The van der Waals surface area contributed by atoms with E-state index in [9.17, 15) is 18.7 Å². The minimum atomic E-state index is -2.89. The SMILES string of the molecule is C=C/C(=C\C=C/C)c1ccc(N(CCc2ccc(OC(C)(C)C(=O)O)cc2)Cc2ccc(C(C)(F)F)cc2)nc1.CC. The number of aliphatic carboxylic acids is 1. The second-order valence-electron chi connectivity index (χ2n) is 10.1. The Labute approximate surface area is 248 Å². The van der Waals surface area contributed by atoms with E-state index < -0.39 is 17.5 Å². The predicted octanol–water partition coefficient (Wildman–Crippen LogP) is 8.86. The molecule has 224 valence electrons. The number of anilines is 1. The zero-order valence-corrected chi connectivity index (χ0v) is 25.4. The van der Waals surface area contributed by atoms with Crippen molar-refractivity contribution in [2.75, 3.05) is 11.4 Å². The van der Waals surface area contributed by atoms with Gasteiger partial charge in [0.05, 0.1) is 0 Å². The Morgan fingerprint density at radius 3 is 2.12 bits per heavy atom. The summed E-state index contributed by atoms with van der Waals surface area (Å²) < 4.78 is 33.0. The van der Waals surface area contributed by atoms with Gasteiger partial charge in [0.1, 0.15) is 11.6 Å². The van der Waals surface area contributed by atoms with Crippen LogP contribution in [0.2, 0.25) is 0 Å². The highest BCUT2D eigenvalue weighted by Gasteiger charge is 2.29. The van der Waals surface area contributed by atoms with Crippen LogP contribution in [-0.2, 0) is 23.7 Å². The van der Waals surface area contributed by atoms with Crippen LogP contribution in [0.4, 0.5) is 14.6 Å². The Hall–Kier alpha value is -4.26. The Bertz CT molecular complexity index is 1340. The number of aromatic nitrogens is 1. The van der Waals surface area contributed by atoms with Gasteiger partial charge in [0.15, 0.2) is 5.60 Å². The van der Waals surface area contributed by atoms with Crippen LogP contribution in [0.5, 0.6) is 5.75 Å². The maximum atomic E-state index is 13.7. The van der Waals surface area contributed by atoms with E-state index in [1.165, 1.54) is 26.0 Å². The van der Waals surface area contributed by atoms with Crippen LogP contribution in [0.25, 0.3) is 5.57 Å². The van der Waals surface area contributed by atoms with Crippen LogP contribution in [0.3, 0.4) is 0 Å². The lowest BCUT2D eigenvalue weighted by atomic mass is 10.1. The van der Waals surface area contributed by atoms with Crippen molar-refractivity contribution in [3.63, 3.8) is 0 Å². The lowest BCUT2D eigenvalue weighted by Crippen LogP contribution is -2.37. The zero-order valence-electron chi connectivity index (χ0n) is 25.4. The molecule has 0 spiro atoms. The third kappa shape index (κ3) is 9.98. The number of ether oxygens (including phenoxy) is 1. The number of alkyl halides is 2. The van der Waals surface area contributed by atoms with E-state index in [0.717, 1.165) is 35.0 Å². The van der Waals surface area contributed by atoms with E-state index in [0.29, 0.717) is 25.3 Å². The standard InChI is InChI=1S/C33H36F2N2O3.C2H6/c1-6-8-9-26(7-2)27-14-19-30(36-22-27)37(23-25-10-15-28(16-11-25)33(5,34)35)21-20-24-12-17-29(18-13-24)40-32(3,4)31(38)39;1-2/h6-19,22H,2,20-21,23H2,1,3-5H3,(H,38,39);1-2H3/b8-6-,26-9+;. The molecular formula is C35H42F2N2O3. The summed E-state index contributed by atoms with van der Waals surface area (Å²) in [5, 5.41) is 9.30. The molecule has 2 aromatic carbocycles. The van der Waals surface area contributed by atoms with E-state index in [4.69, 9.17) is 9.72 Å². The minimum Gasteiger partial charge on any atom is -0.478 e. The number of rotatable bonds is 13. The summed E-state index contributed by atoms with van der Waals surface area (Å²) in [6.45, 7) is 14.8. The fourth-order valence-electron chi connectivity index (χ4n) is 3.95. The van der Waals surface area contributed by atoms with Gasteiger partial charge in [-0.3, -0.25) is 0 Å². The number of carboxylic acids is 1. The van der Waals surface area contributed by atoms with E-state index in [1.54, 1.807) is 36.5 Å². The highest BCUT2D eigenvalue weighted by atomic mass is 19.3. The monoisotopic (exact) mass is 576 g/mol. The Balaban J connectivity index is 0.00000301. The van der Waals surface area contributed by atoms with Crippen molar-refractivity contribution < 1.29 is 23.4 Å². The molecule has 0 amide bonds. The van der Waals surface area contributed by atoms with Gasteiger partial charge in [-0.25, -0.2) is 18.6 Å². The first-order valence-electron chi connectivity index (χ1n) is 14.1. The molecule has 0 aliphatic rings. The van der Waals surface area contributed by atoms with Crippen LogP contribution < -0.4 is 9.64 Å². The molecule has 7 heteroatoms. The zero-order chi connectivity index (χ0) is 31.3. The molecule has 3 aromatic rings. The Kier molecular flexibility index (Phi) is 12.7. The van der Waals surface area contributed by atoms with Gasteiger partial charge in [-0.15, -0.1) is 0 Å². The summed E-state index contributed by atoms with van der Waals surface area (Å²) in [5.74, 6) is -2.71. The van der Waals surface area contributed by atoms with Gasteiger partial charge >= 0.3 is 5.97 Å². The van der Waals surface area contributed by atoms with Crippen molar-refractivity contribution in [1.29, 1.82) is 0 Å². The maximum Gasteiger partial charge on any atom is 0.347 e. The first-order chi connectivity index (χ1) is 19.9. The van der Waals surface area contributed by atoms with Gasteiger partial charge in [-0.2, -0.15) is 0 Å². The van der Waals surface area contributed by atoms with Crippen LogP contribution in [0, 0.1) is 0 Å². The van der Waals surface area contributed by atoms with Crippen molar-refractivity contribution in [1.82, 2.24) is 4.98 Å². The molecule has 1 N–H and O–H groups in total. The molecular weight excluding hydrogens is 534 g/mol. The lowest BCUT2D eigenvalue weighted by Gasteiger charge is -2.25. The molecule has 0 fully saturated rings. The molecule has 0 aliphatic carbocycles. The topological polar surface area (TPSA) is 62.7 Å². The maximum absolute atomic E-state index is 13.7. The Morgan fingerprint density at radius 2 is 1.62 bits per heavy atom. The lowest BCUT2D eigenvalue weighted by molar-refractivity contribution is -0.152. The average Bonchev–Trinajstić information content (AvgIpc) is 2.97. The number of hydrogen-bond acceptors (Lipinski definition) is 4. The second kappa shape index (κ2) is 15.7. The van der Waals surface area contributed by atoms with E-state index in [1.807, 2.05) is 63.3 Å². The quantitative estimate of drug-likeness (QED) is 0.206. The first-order valence-corrected chi connectivity index (χ1v) is 14.1. The van der Waals surface area contributed by atoms with Gasteiger partial charge in [-0.05, 0) is 68.2 Å². The van der Waals surface area contributed by atoms with Crippen LogP contribution in [0.1, 0.15) is 63.8 Å². The smallest absolute Gasteiger partial charge is 0.347 e. The highest BCUT2D eigenvalue weighted by molar-refractivity contribution is 5.77. The molecule has 5 nitrogen and oxygen atoms in total. The summed E-state index contributed by atoms with van der Waals surface area (Å²) in [4.78, 5) is 18.2. The van der Waals surface area contributed by atoms with Crippen molar-refractivity contribution in [3.05, 3.63) is 120 Å². The molecule has 0 unspecified atom stereocenters. The minimum absolute atomic E-state index is 0.0245. The van der Waals surface area contributed by atoms with Gasteiger partial charge in [0, 0.05) is 37.3 Å². The fourth-order valence-corrected chi connectivity index (χ4v) is 3.95. The summed E-state index contributed by atoms with van der Waals surface area (Å²) >= 11 is 0. The van der Waals surface area contributed by atoms with Gasteiger partial charge < -0.3 is 14.7 Å². The molecule has 0 radical (unpaired) electrons. The summed E-state index contributed by atoms with van der Waals surface area (Å²) in [6, 6.07) is 17.6. The van der Waals surface area contributed by atoms with E-state index >= 15 is 0 Å². The normalized spacial score (nSPS) is 12.0. The first kappa shape index (κ1) is 33.9. The molecule has 1 heterocycles. The molecule has 3 rings (SSSR count). The van der Waals surface area contributed by atoms with E-state index in [2.05, 4.69) is 11.5 Å². The molecule has 1 aromatic heterocycles. The average molecular weight is 577 g/mol. The number of benzene rings is 2. The van der Waals surface area contributed by atoms with E-state index in [-0.39, 0.29) is 5.56 Å². The van der Waals surface area contributed by atoms with Crippen LogP contribution >= 0.6 is 0 Å². The molecule has 0 saturated heterocycles. The number of halogens is 2. The largest absolute Gasteiger partial charge is 0.478 e. The molecule has 0 bridgehead atoms. The third-order valence-electron chi connectivity index (χ3n) is 6.41. The van der Waals surface area contributed by atoms with Crippen molar-refractivity contribution in [3.8, 4) is 5.75 Å². The predicted molar refractivity (Wildman–Crippen MR) is 168 cm³/mol. The van der Waals surface area contributed by atoms with Gasteiger partial charge in [0.25, 0.3) is 5.92 Å². The van der Waals surface area contributed by atoms with Crippen LogP contribution in [0.15, 0.2) is 97.7 Å². The summed E-state index contributed by atoms with van der Waals surface area (Å²) in [7, 11) is 0.